The number of benzene rings is 2. The lowest BCUT2D eigenvalue weighted by Crippen LogP contribution is -1.98. The second kappa shape index (κ2) is 7.25. The van der Waals surface area contributed by atoms with Gasteiger partial charge in [0.2, 0.25) is 0 Å². The molecule has 0 saturated heterocycles. The van der Waals surface area contributed by atoms with E-state index in [0.717, 1.165) is 16.8 Å². The van der Waals surface area contributed by atoms with Crippen LogP contribution in [0.15, 0.2) is 53.9 Å². The molecule has 8 heteroatoms. The van der Waals surface area contributed by atoms with Gasteiger partial charge in [0, 0.05) is 22.4 Å². The molecule has 1 heterocycles. The third-order valence-corrected chi connectivity index (χ3v) is 5.30. The van der Waals surface area contributed by atoms with E-state index in [1.807, 2.05) is 42.7 Å². The van der Waals surface area contributed by atoms with Crippen LogP contribution in [0.3, 0.4) is 0 Å². The Labute approximate surface area is 154 Å². The molecular formula is C17H15ClN4O2S. The quantitative estimate of drug-likeness (QED) is 0.357. The first-order valence-corrected chi connectivity index (χ1v) is 8.79. The number of aryl methyl sites for hydroxylation is 1. The Balaban J connectivity index is 1.87. The molecule has 0 amide bonds. The highest BCUT2D eigenvalue weighted by Gasteiger charge is 2.16. The summed E-state index contributed by atoms with van der Waals surface area (Å²) in [6, 6.07) is 12.4. The number of rotatable bonds is 5. The van der Waals surface area contributed by atoms with Crippen molar-refractivity contribution in [1.82, 2.24) is 14.8 Å². The van der Waals surface area contributed by atoms with Crippen LogP contribution in [0.25, 0.3) is 5.69 Å². The van der Waals surface area contributed by atoms with Crippen LogP contribution < -0.4 is 0 Å². The zero-order valence-electron chi connectivity index (χ0n) is 13.6. The fourth-order valence-electron chi connectivity index (χ4n) is 2.33. The van der Waals surface area contributed by atoms with Crippen molar-refractivity contribution in [2.45, 2.75) is 24.3 Å². The monoisotopic (exact) mass is 374 g/mol. The molecule has 0 saturated carbocycles. The van der Waals surface area contributed by atoms with Gasteiger partial charge in [0.15, 0.2) is 5.16 Å². The summed E-state index contributed by atoms with van der Waals surface area (Å²) in [5.74, 6) is 0. The Kier molecular flexibility index (Phi) is 5.06. The van der Waals surface area contributed by atoms with Crippen LogP contribution in [-0.2, 0) is 0 Å². The number of nitro groups is 1. The Bertz CT molecular complexity index is 929. The zero-order chi connectivity index (χ0) is 18.0. The van der Waals surface area contributed by atoms with Crippen LogP contribution in [0.5, 0.6) is 0 Å². The van der Waals surface area contributed by atoms with Crippen LogP contribution in [-0.4, -0.2) is 19.7 Å². The first-order valence-electron chi connectivity index (χ1n) is 7.53. The summed E-state index contributed by atoms with van der Waals surface area (Å²) < 4.78 is 1.85. The molecule has 0 aliphatic rings. The van der Waals surface area contributed by atoms with Gasteiger partial charge in [0.25, 0.3) is 5.69 Å². The maximum Gasteiger partial charge on any atom is 0.269 e. The van der Waals surface area contributed by atoms with E-state index in [4.69, 9.17) is 11.6 Å². The summed E-state index contributed by atoms with van der Waals surface area (Å²) in [6.45, 7) is 3.92. The van der Waals surface area contributed by atoms with Gasteiger partial charge in [-0.15, -0.1) is 10.2 Å². The average Bonchev–Trinajstić information content (AvgIpc) is 3.05. The Morgan fingerprint density at radius 1 is 1.28 bits per heavy atom. The minimum Gasteiger partial charge on any atom is -0.277 e. The van der Waals surface area contributed by atoms with Crippen molar-refractivity contribution in [1.29, 1.82) is 0 Å². The smallest absolute Gasteiger partial charge is 0.269 e. The van der Waals surface area contributed by atoms with Gasteiger partial charge in [-0.05, 0) is 37.1 Å². The minimum absolute atomic E-state index is 0.0243. The molecule has 0 radical (unpaired) electrons. The molecule has 1 aromatic heterocycles. The van der Waals surface area contributed by atoms with Gasteiger partial charge in [-0.1, -0.05) is 41.6 Å². The minimum atomic E-state index is -0.391. The van der Waals surface area contributed by atoms with Gasteiger partial charge in [0.05, 0.1) is 10.6 Å². The molecule has 0 fully saturated rings. The Hall–Kier alpha value is -2.38. The summed E-state index contributed by atoms with van der Waals surface area (Å²) in [4.78, 5) is 10.6. The maximum atomic E-state index is 11.0. The molecule has 0 aliphatic heterocycles. The lowest BCUT2D eigenvalue weighted by molar-refractivity contribution is -0.384. The van der Waals surface area contributed by atoms with Gasteiger partial charge in [-0.2, -0.15) is 0 Å². The van der Waals surface area contributed by atoms with E-state index in [0.29, 0.717) is 10.2 Å². The highest BCUT2D eigenvalue weighted by Crippen LogP contribution is 2.36. The number of hydrogen-bond acceptors (Lipinski definition) is 5. The number of hydrogen-bond donors (Lipinski definition) is 0. The van der Waals surface area contributed by atoms with Gasteiger partial charge < -0.3 is 0 Å². The topological polar surface area (TPSA) is 73.8 Å². The summed E-state index contributed by atoms with van der Waals surface area (Å²) in [5, 5.41) is 20.4. The van der Waals surface area contributed by atoms with Gasteiger partial charge in [0.1, 0.15) is 6.33 Å². The molecule has 2 aromatic carbocycles. The summed E-state index contributed by atoms with van der Waals surface area (Å²) >= 11 is 7.69. The van der Waals surface area contributed by atoms with Crippen LogP contribution in [0.2, 0.25) is 5.02 Å². The van der Waals surface area contributed by atoms with Crippen molar-refractivity contribution in [2.24, 2.45) is 0 Å². The van der Waals surface area contributed by atoms with Crippen molar-refractivity contribution in [2.75, 3.05) is 0 Å². The molecule has 3 aromatic rings. The van der Waals surface area contributed by atoms with Crippen molar-refractivity contribution in [3.63, 3.8) is 0 Å². The molecule has 0 aliphatic carbocycles. The molecular weight excluding hydrogens is 360 g/mol. The highest BCUT2D eigenvalue weighted by atomic mass is 35.5. The van der Waals surface area contributed by atoms with E-state index in [1.54, 1.807) is 18.5 Å². The molecule has 1 unspecified atom stereocenters. The van der Waals surface area contributed by atoms with Gasteiger partial charge >= 0.3 is 0 Å². The summed E-state index contributed by atoms with van der Waals surface area (Å²) in [5.41, 5.74) is 2.81. The molecule has 6 nitrogen and oxygen atoms in total. The normalized spacial score (nSPS) is 12.1. The number of halogens is 1. The van der Waals surface area contributed by atoms with Crippen molar-refractivity contribution in [3.8, 4) is 5.69 Å². The van der Waals surface area contributed by atoms with Crippen molar-refractivity contribution in [3.05, 3.63) is 75.1 Å². The van der Waals surface area contributed by atoms with E-state index in [9.17, 15) is 10.1 Å². The number of non-ortho nitro benzene ring substituents is 1. The lowest BCUT2D eigenvalue weighted by Gasteiger charge is -2.12. The first kappa shape index (κ1) is 17.4. The molecule has 1 atom stereocenters. The summed E-state index contributed by atoms with van der Waals surface area (Å²) in [6.07, 6.45) is 1.63. The average molecular weight is 375 g/mol. The summed E-state index contributed by atoms with van der Waals surface area (Å²) in [7, 11) is 0. The van der Waals surface area contributed by atoms with E-state index in [1.165, 1.54) is 17.8 Å². The van der Waals surface area contributed by atoms with E-state index in [-0.39, 0.29) is 10.9 Å². The highest BCUT2D eigenvalue weighted by molar-refractivity contribution is 7.99. The molecule has 0 spiro atoms. The Morgan fingerprint density at radius 3 is 2.80 bits per heavy atom. The molecule has 128 valence electrons. The number of nitro benzene ring substituents is 1. The van der Waals surface area contributed by atoms with Gasteiger partial charge in [-0.25, -0.2) is 0 Å². The number of nitrogens with zero attached hydrogens (tertiary/aromatic N) is 4. The fourth-order valence-corrected chi connectivity index (χ4v) is 3.46. The van der Waals surface area contributed by atoms with Crippen LogP contribution in [0.4, 0.5) is 5.69 Å². The van der Waals surface area contributed by atoms with Crippen LogP contribution in [0.1, 0.15) is 23.3 Å². The SMILES string of the molecule is Cc1ccc(-n2cnnc2SC(C)c2cccc([N+](=O)[O-])c2)cc1Cl. The third-order valence-electron chi connectivity index (χ3n) is 3.78. The van der Waals surface area contributed by atoms with E-state index in [2.05, 4.69) is 10.2 Å². The maximum absolute atomic E-state index is 11.0. The molecule has 3 rings (SSSR count). The van der Waals surface area contributed by atoms with Crippen molar-refractivity contribution >= 4 is 29.1 Å². The van der Waals surface area contributed by atoms with Crippen LogP contribution >= 0.6 is 23.4 Å². The van der Waals surface area contributed by atoms with Crippen molar-refractivity contribution < 1.29 is 4.92 Å². The van der Waals surface area contributed by atoms with E-state index < -0.39 is 4.92 Å². The third kappa shape index (κ3) is 3.83. The lowest BCUT2D eigenvalue weighted by atomic mass is 10.1. The number of aromatic nitrogens is 3. The largest absolute Gasteiger partial charge is 0.277 e. The predicted octanol–water partition coefficient (Wildman–Crippen LogP) is 4.99. The molecule has 0 N–H and O–H groups in total. The van der Waals surface area contributed by atoms with Gasteiger partial charge in [-0.3, -0.25) is 14.7 Å². The van der Waals surface area contributed by atoms with E-state index >= 15 is 0 Å². The molecule has 25 heavy (non-hydrogen) atoms. The van der Waals surface area contributed by atoms with Crippen LogP contribution in [0, 0.1) is 17.0 Å². The number of thioether (sulfide) groups is 1. The standard InChI is InChI=1S/C17H15ClN4O2S/c1-11-6-7-14(9-16(11)18)21-10-19-20-17(21)25-12(2)13-4-3-5-15(8-13)22(23)24/h3-10,12H,1-2H3. The predicted molar refractivity (Wildman–Crippen MR) is 98.5 cm³/mol. The molecule has 0 bridgehead atoms. The Morgan fingerprint density at radius 2 is 2.08 bits per heavy atom. The zero-order valence-corrected chi connectivity index (χ0v) is 15.2. The second-order valence-electron chi connectivity index (χ2n) is 5.53. The first-order chi connectivity index (χ1) is 12.0. The fraction of sp³-hybridized carbons (Fsp3) is 0.176. The second-order valence-corrected chi connectivity index (χ2v) is 7.24.